The smallest absolute Gasteiger partial charge is 0.292 e. The Labute approximate surface area is 71.3 Å². The van der Waals surface area contributed by atoms with Crippen molar-refractivity contribution in [2.75, 3.05) is 6.61 Å². The van der Waals surface area contributed by atoms with E-state index in [1.165, 1.54) is 6.08 Å². The van der Waals surface area contributed by atoms with E-state index in [2.05, 4.69) is 9.78 Å². The third-order valence-corrected chi connectivity index (χ3v) is 1.00. The van der Waals surface area contributed by atoms with Gasteiger partial charge in [-0.3, -0.25) is 4.89 Å². The number of nitriles is 1. The molecule has 0 atom stereocenters. The maximum Gasteiger partial charge on any atom is 0.383 e. The molecule has 0 aliphatic heterocycles. The first-order valence-electron chi connectivity index (χ1n) is 3.70. The quantitative estimate of drug-likeness (QED) is 0.276. The summed E-state index contributed by atoms with van der Waals surface area (Å²) in [7, 11) is 0. The molecule has 4 nitrogen and oxygen atoms in total. The minimum Gasteiger partial charge on any atom is -0.292 e. The van der Waals surface area contributed by atoms with Crippen molar-refractivity contribution in [1.82, 2.24) is 0 Å². The van der Waals surface area contributed by atoms with Crippen LogP contribution >= 0.6 is 0 Å². The van der Waals surface area contributed by atoms with E-state index in [1.807, 2.05) is 6.92 Å². The SMILES string of the molecule is CCC=C(C#N)C(=O)OOCC. The zero-order chi connectivity index (χ0) is 9.40. The van der Waals surface area contributed by atoms with Crippen LogP contribution < -0.4 is 0 Å². The molecule has 66 valence electrons. The highest BCUT2D eigenvalue weighted by molar-refractivity contribution is 5.92. The monoisotopic (exact) mass is 169 g/mol. The number of hydrogen-bond donors (Lipinski definition) is 0. The topological polar surface area (TPSA) is 59.3 Å². The maximum atomic E-state index is 10.9. The summed E-state index contributed by atoms with van der Waals surface area (Å²) >= 11 is 0. The second-order valence-electron chi connectivity index (χ2n) is 1.92. The van der Waals surface area contributed by atoms with Gasteiger partial charge in [0.05, 0.1) is 6.61 Å². The second kappa shape index (κ2) is 6.38. The molecular weight excluding hydrogens is 158 g/mol. The summed E-state index contributed by atoms with van der Waals surface area (Å²) in [6, 6.07) is 1.72. The Morgan fingerprint density at radius 1 is 1.58 bits per heavy atom. The molecule has 4 heteroatoms. The Bertz CT molecular complexity index is 215. The van der Waals surface area contributed by atoms with E-state index in [9.17, 15) is 4.79 Å². The summed E-state index contributed by atoms with van der Waals surface area (Å²) in [5, 5.41) is 8.45. The van der Waals surface area contributed by atoms with Crippen molar-refractivity contribution in [2.45, 2.75) is 20.3 Å². The number of carbonyl (C=O) groups is 1. The zero-order valence-corrected chi connectivity index (χ0v) is 7.16. The fourth-order valence-electron chi connectivity index (χ4n) is 0.536. The van der Waals surface area contributed by atoms with Crippen LogP contribution in [0.4, 0.5) is 0 Å². The zero-order valence-electron chi connectivity index (χ0n) is 7.16. The lowest BCUT2D eigenvalue weighted by atomic mass is 10.2. The molecule has 0 fully saturated rings. The van der Waals surface area contributed by atoms with Crippen molar-refractivity contribution in [3.63, 3.8) is 0 Å². The average molecular weight is 169 g/mol. The lowest BCUT2D eigenvalue weighted by Crippen LogP contribution is -2.07. The van der Waals surface area contributed by atoms with Crippen LogP contribution in [0.2, 0.25) is 0 Å². The standard InChI is InChI=1S/C8H11NO3/c1-3-5-7(6-9)8(10)12-11-4-2/h5H,3-4H2,1-2H3. The molecule has 0 N–H and O–H groups in total. The van der Waals surface area contributed by atoms with Gasteiger partial charge in [-0.2, -0.15) is 10.1 Å². The van der Waals surface area contributed by atoms with Crippen molar-refractivity contribution in [2.24, 2.45) is 0 Å². The highest BCUT2D eigenvalue weighted by atomic mass is 17.2. The van der Waals surface area contributed by atoms with Crippen LogP contribution in [0.25, 0.3) is 0 Å². The highest BCUT2D eigenvalue weighted by Gasteiger charge is 2.09. The van der Waals surface area contributed by atoms with Gasteiger partial charge in [0.25, 0.3) is 0 Å². The van der Waals surface area contributed by atoms with Crippen molar-refractivity contribution in [3.05, 3.63) is 11.6 Å². The van der Waals surface area contributed by atoms with Gasteiger partial charge in [0, 0.05) is 0 Å². The Kier molecular flexibility index (Phi) is 5.66. The number of nitrogens with zero attached hydrogens (tertiary/aromatic N) is 1. The Hall–Kier alpha value is -1.34. The van der Waals surface area contributed by atoms with E-state index >= 15 is 0 Å². The van der Waals surface area contributed by atoms with Gasteiger partial charge in [-0.25, -0.2) is 4.79 Å². The van der Waals surface area contributed by atoms with Gasteiger partial charge in [0.15, 0.2) is 0 Å². The molecule has 0 aliphatic rings. The number of carbonyl (C=O) groups excluding carboxylic acids is 1. The van der Waals surface area contributed by atoms with Gasteiger partial charge in [-0.15, -0.1) is 0 Å². The van der Waals surface area contributed by atoms with Gasteiger partial charge in [-0.05, 0) is 13.3 Å². The van der Waals surface area contributed by atoms with Gasteiger partial charge in [0.2, 0.25) is 0 Å². The Morgan fingerprint density at radius 2 is 2.25 bits per heavy atom. The predicted octanol–water partition coefficient (Wildman–Crippen LogP) is 1.34. The minimum atomic E-state index is -0.735. The summed E-state index contributed by atoms with van der Waals surface area (Å²) in [5.41, 5.74) is -0.0223. The van der Waals surface area contributed by atoms with E-state index in [0.29, 0.717) is 6.42 Å². The number of allylic oxidation sites excluding steroid dienone is 1. The van der Waals surface area contributed by atoms with E-state index < -0.39 is 5.97 Å². The molecule has 12 heavy (non-hydrogen) atoms. The molecule has 0 aromatic carbocycles. The first-order chi connectivity index (χ1) is 5.76. The highest BCUT2D eigenvalue weighted by Crippen LogP contribution is 1.98. The molecule has 0 saturated heterocycles. The Morgan fingerprint density at radius 3 is 2.67 bits per heavy atom. The van der Waals surface area contributed by atoms with Crippen LogP contribution in [0, 0.1) is 11.3 Å². The van der Waals surface area contributed by atoms with Crippen molar-refractivity contribution >= 4 is 5.97 Å². The van der Waals surface area contributed by atoms with Crippen LogP contribution in [0.1, 0.15) is 20.3 Å². The first-order valence-corrected chi connectivity index (χ1v) is 3.70. The molecule has 0 aliphatic carbocycles. The normalized spacial score (nSPS) is 10.6. The number of rotatable bonds is 4. The molecule has 0 radical (unpaired) electrons. The molecule has 0 aromatic heterocycles. The molecule has 0 spiro atoms. The van der Waals surface area contributed by atoms with E-state index in [4.69, 9.17) is 5.26 Å². The molecular formula is C8H11NO3. The van der Waals surface area contributed by atoms with Gasteiger partial charge in [0.1, 0.15) is 11.6 Å². The average Bonchev–Trinajstić information content (AvgIpc) is 2.10. The predicted molar refractivity (Wildman–Crippen MR) is 41.7 cm³/mol. The fraction of sp³-hybridized carbons (Fsp3) is 0.500. The lowest BCUT2D eigenvalue weighted by molar-refractivity contribution is -0.265. The van der Waals surface area contributed by atoms with Crippen LogP contribution in [0.5, 0.6) is 0 Å². The largest absolute Gasteiger partial charge is 0.383 e. The van der Waals surface area contributed by atoms with Gasteiger partial charge >= 0.3 is 5.97 Å². The van der Waals surface area contributed by atoms with Crippen molar-refractivity contribution in [3.8, 4) is 6.07 Å². The molecule has 0 unspecified atom stereocenters. The van der Waals surface area contributed by atoms with Gasteiger partial charge < -0.3 is 0 Å². The van der Waals surface area contributed by atoms with E-state index in [1.54, 1.807) is 13.0 Å². The van der Waals surface area contributed by atoms with Crippen molar-refractivity contribution in [1.29, 1.82) is 5.26 Å². The van der Waals surface area contributed by atoms with E-state index in [-0.39, 0.29) is 12.2 Å². The molecule has 0 bridgehead atoms. The maximum absolute atomic E-state index is 10.9. The van der Waals surface area contributed by atoms with E-state index in [0.717, 1.165) is 0 Å². The minimum absolute atomic E-state index is 0.0223. The molecule has 0 saturated carbocycles. The third-order valence-electron chi connectivity index (χ3n) is 1.00. The second-order valence-corrected chi connectivity index (χ2v) is 1.92. The Balaban J connectivity index is 4.07. The summed E-state index contributed by atoms with van der Waals surface area (Å²) in [5.74, 6) is -0.735. The summed E-state index contributed by atoms with van der Waals surface area (Å²) < 4.78 is 0. The van der Waals surface area contributed by atoms with Crippen LogP contribution in [0.15, 0.2) is 11.6 Å². The van der Waals surface area contributed by atoms with Crippen LogP contribution in [-0.2, 0) is 14.6 Å². The summed E-state index contributed by atoms with van der Waals surface area (Å²) in [6.45, 7) is 3.78. The molecule has 0 aromatic rings. The molecule has 0 heterocycles. The lowest BCUT2D eigenvalue weighted by Gasteiger charge is -1.98. The number of hydrogen-bond acceptors (Lipinski definition) is 4. The molecule has 0 rings (SSSR count). The summed E-state index contributed by atoms with van der Waals surface area (Å²) in [4.78, 5) is 19.5. The van der Waals surface area contributed by atoms with Crippen molar-refractivity contribution < 1.29 is 14.6 Å². The first kappa shape index (κ1) is 10.7. The molecule has 0 amide bonds. The summed E-state index contributed by atoms with van der Waals surface area (Å²) in [6.07, 6.45) is 2.10. The van der Waals surface area contributed by atoms with Crippen LogP contribution in [-0.4, -0.2) is 12.6 Å². The van der Waals surface area contributed by atoms with Crippen LogP contribution in [0.3, 0.4) is 0 Å². The fourth-order valence-corrected chi connectivity index (χ4v) is 0.536. The van der Waals surface area contributed by atoms with Gasteiger partial charge in [-0.1, -0.05) is 13.0 Å². The third kappa shape index (κ3) is 3.74.